The van der Waals surface area contributed by atoms with Crippen LogP contribution in [-0.4, -0.2) is 38.6 Å². The highest BCUT2D eigenvalue weighted by molar-refractivity contribution is 5.94. The van der Waals surface area contributed by atoms with Crippen LogP contribution in [0.15, 0.2) is 18.2 Å². The van der Waals surface area contributed by atoms with Crippen LogP contribution in [0.2, 0.25) is 0 Å². The van der Waals surface area contributed by atoms with Gasteiger partial charge in [0.15, 0.2) is 0 Å². The minimum absolute atomic E-state index is 0.0328. The molecule has 0 fully saturated rings. The molecule has 0 aliphatic carbocycles. The molecule has 104 valence electrons. The number of aryl methyl sites for hydroxylation is 2. The van der Waals surface area contributed by atoms with Crippen LogP contribution in [0.5, 0.6) is 0 Å². The number of rotatable bonds is 6. The summed E-state index contributed by atoms with van der Waals surface area (Å²) in [6.07, 6.45) is 0. The minimum atomic E-state index is -0.192. The van der Waals surface area contributed by atoms with Gasteiger partial charge in [0.25, 0.3) is 5.91 Å². The molecule has 0 spiro atoms. The summed E-state index contributed by atoms with van der Waals surface area (Å²) in [6, 6.07) is 5.57. The van der Waals surface area contributed by atoms with E-state index in [-0.39, 0.29) is 18.4 Å². The Hall–Kier alpha value is -1.88. The van der Waals surface area contributed by atoms with E-state index in [2.05, 4.69) is 15.4 Å². The van der Waals surface area contributed by atoms with Gasteiger partial charge in [-0.15, -0.1) is 0 Å². The zero-order valence-electron chi connectivity index (χ0n) is 11.6. The molecule has 1 rings (SSSR count). The highest BCUT2D eigenvalue weighted by Gasteiger charge is 2.06. The van der Waals surface area contributed by atoms with Crippen molar-refractivity contribution in [2.45, 2.75) is 13.8 Å². The number of carbonyl (C=O) groups is 2. The van der Waals surface area contributed by atoms with Gasteiger partial charge in [-0.1, -0.05) is 6.07 Å². The molecule has 5 heteroatoms. The van der Waals surface area contributed by atoms with Gasteiger partial charge in [0.1, 0.15) is 6.61 Å². The van der Waals surface area contributed by atoms with Crippen LogP contribution >= 0.6 is 0 Å². The molecule has 0 aliphatic rings. The fourth-order valence-corrected chi connectivity index (χ4v) is 1.54. The normalized spacial score (nSPS) is 10.1. The molecular formula is C14H20N2O3. The minimum Gasteiger partial charge on any atom is -0.375 e. The predicted molar refractivity (Wildman–Crippen MR) is 73.1 cm³/mol. The summed E-state index contributed by atoms with van der Waals surface area (Å²) in [6.45, 7) is 4.78. The summed E-state index contributed by atoms with van der Waals surface area (Å²) in [5.41, 5.74) is 2.87. The number of methoxy groups -OCH3 is 1. The van der Waals surface area contributed by atoms with Gasteiger partial charge in [0, 0.05) is 25.8 Å². The third kappa shape index (κ3) is 5.09. The van der Waals surface area contributed by atoms with Gasteiger partial charge in [-0.3, -0.25) is 9.59 Å². The van der Waals surface area contributed by atoms with Crippen LogP contribution in [0.4, 0.5) is 0 Å². The van der Waals surface area contributed by atoms with Crippen molar-refractivity contribution in [3.05, 3.63) is 34.9 Å². The lowest BCUT2D eigenvalue weighted by Crippen LogP contribution is -2.36. The lowest BCUT2D eigenvalue weighted by molar-refractivity contribution is -0.124. The molecule has 19 heavy (non-hydrogen) atoms. The van der Waals surface area contributed by atoms with Crippen LogP contribution in [0.1, 0.15) is 21.5 Å². The number of nitrogens with one attached hydrogen (secondary N) is 2. The first kappa shape index (κ1) is 15.2. The third-order valence-electron chi connectivity index (χ3n) is 2.78. The third-order valence-corrected chi connectivity index (χ3v) is 2.78. The molecule has 0 heterocycles. The van der Waals surface area contributed by atoms with E-state index in [4.69, 9.17) is 0 Å². The van der Waals surface area contributed by atoms with Gasteiger partial charge in [0.05, 0.1) is 0 Å². The SMILES string of the molecule is COCC(=O)NCCNC(=O)c1ccc(C)c(C)c1. The van der Waals surface area contributed by atoms with E-state index in [1.807, 2.05) is 26.0 Å². The van der Waals surface area contributed by atoms with Crippen molar-refractivity contribution in [2.24, 2.45) is 0 Å². The summed E-state index contributed by atoms with van der Waals surface area (Å²) < 4.78 is 4.68. The maximum atomic E-state index is 11.8. The van der Waals surface area contributed by atoms with Crippen LogP contribution in [0.25, 0.3) is 0 Å². The van der Waals surface area contributed by atoms with Gasteiger partial charge in [0.2, 0.25) is 5.91 Å². The Labute approximate surface area is 113 Å². The zero-order chi connectivity index (χ0) is 14.3. The monoisotopic (exact) mass is 264 g/mol. The van der Waals surface area contributed by atoms with Gasteiger partial charge >= 0.3 is 0 Å². The predicted octanol–water partition coefficient (Wildman–Crippen LogP) is 0.796. The molecule has 0 radical (unpaired) electrons. The van der Waals surface area contributed by atoms with Crippen molar-refractivity contribution in [3.8, 4) is 0 Å². The lowest BCUT2D eigenvalue weighted by Gasteiger charge is -2.08. The second-order valence-electron chi connectivity index (χ2n) is 4.34. The van der Waals surface area contributed by atoms with Gasteiger partial charge in [-0.25, -0.2) is 0 Å². The first-order chi connectivity index (χ1) is 9.04. The number of ether oxygens (including phenoxy) is 1. The van der Waals surface area contributed by atoms with Crippen molar-refractivity contribution < 1.29 is 14.3 Å². The fourth-order valence-electron chi connectivity index (χ4n) is 1.54. The first-order valence-electron chi connectivity index (χ1n) is 6.15. The van der Waals surface area contributed by atoms with Gasteiger partial charge < -0.3 is 15.4 Å². The molecule has 2 amide bonds. The number of carbonyl (C=O) groups excluding carboxylic acids is 2. The molecular weight excluding hydrogens is 244 g/mol. The van der Waals surface area contributed by atoms with Crippen LogP contribution in [-0.2, 0) is 9.53 Å². The Kier molecular flexibility index (Phi) is 6.02. The Balaban J connectivity index is 2.35. The van der Waals surface area contributed by atoms with Gasteiger partial charge in [-0.2, -0.15) is 0 Å². The molecule has 5 nitrogen and oxygen atoms in total. The summed E-state index contributed by atoms with van der Waals surface area (Å²) in [4.78, 5) is 22.9. The second-order valence-corrected chi connectivity index (χ2v) is 4.34. The topological polar surface area (TPSA) is 67.4 Å². The zero-order valence-corrected chi connectivity index (χ0v) is 11.6. The lowest BCUT2D eigenvalue weighted by atomic mass is 10.1. The number of benzene rings is 1. The Morgan fingerprint density at radius 3 is 2.42 bits per heavy atom. The van der Waals surface area contributed by atoms with Crippen LogP contribution in [0.3, 0.4) is 0 Å². The van der Waals surface area contributed by atoms with Crippen LogP contribution < -0.4 is 10.6 Å². The maximum Gasteiger partial charge on any atom is 0.251 e. The van der Waals surface area contributed by atoms with Crippen molar-refractivity contribution >= 4 is 11.8 Å². The maximum absolute atomic E-state index is 11.8. The average Bonchev–Trinajstić information content (AvgIpc) is 2.38. The van der Waals surface area contributed by atoms with E-state index < -0.39 is 0 Å². The quantitative estimate of drug-likeness (QED) is 0.747. The van der Waals surface area contributed by atoms with E-state index in [9.17, 15) is 9.59 Å². The highest BCUT2D eigenvalue weighted by atomic mass is 16.5. The highest BCUT2D eigenvalue weighted by Crippen LogP contribution is 2.09. The average molecular weight is 264 g/mol. The summed E-state index contributed by atoms with van der Waals surface area (Å²) >= 11 is 0. The van der Waals surface area contributed by atoms with E-state index >= 15 is 0 Å². The standard InChI is InChI=1S/C14H20N2O3/c1-10-4-5-12(8-11(10)2)14(18)16-7-6-15-13(17)9-19-3/h4-5,8H,6-7,9H2,1-3H3,(H,15,17)(H,16,18). The van der Waals surface area contributed by atoms with Crippen molar-refractivity contribution in [3.63, 3.8) is 0 Å². The number of hydrogen-bond acceptors (Lipinski definition) is 3. The second kappa shape index (κ2) is 7.53. The van der Waals surface area contributed by atoms with Crippen molar-refractivity contribution in [1.82, 2.24) is 10.6 Å². The van der Waals surface area contributed by atoms with Gasteiger partial charge in [-0.05, 0) is 37.1 Å². The number of hydrogen-bond donors (Lipinski definition) is 2. The molecule has 0 unspecified atom stereocenters. The molecule has 0 atom stereocenters. The Morgan fingerprint density at radius 2 is 1.79 bits per heavy atom. The first-order valence-corrected chi connectivity index (χ1v) is 6.15. The Morgan fingerprint density at radius 1 is 1.11 bits per heavy atom. The molecule has 0 saturated heterocycles. The largest absolute Gasteiger partial charge is 0.375 e. The van der Waals surface area contributed by atoms with E-state index in [1.165, 1.54) is 7.11 Å². The van der Waals surface area contributed by atoms with Crippen molar-refractivity contribution in [2.75, 3.05) is 26.8 Å². The fraction of sp³-hybridized carbons (Fsp3) is 0.429. The molecule has 1 aromatic rings. The smallest absolute Gasteiger partial charge is 0.251 e. The van der Waals surface area contributed by atoms with Crippen molar-refractivity contribution in [1.29, 1.82) is 0 Å². The Bertz CT molecular complexity index is 458. The summed E-state index contributed by atoms with van der Waals surface area (Å²) in [5, 5.41) is 5.38. The van der Waals surface area contributed by atoms with E-state index in [0.29, 0.717) is 18.7 Å². The van der Waals surface area contributed by atoms with Crippen LogP contribution in [0, 0.1) is 13.8 Å². The molecule has 0 saturated carbocycles. The summed E-state index contributed by atoms with van der Waals surface area (Å²) in [5.74, 6) is -0.327. The molecule has 0 aliphatic heterocycles. The van der Waals surface area contributed by atoms with E-state index in [0.717, 1.165) is 11.1 Å². The molecule has 2 N–H and O–H groups in total. The van der Waals surface area contributed by atoms with E-state index in [1.54, 1.807) is 6.07 Å². The number of amides is 2. The summed E-state index contributed by atoms with van der Waals surface area (Å²) in [7, 11) is 1.46. The molecule has 1 aromatic carbocycles. The molecule has 0 aromatic heterocycles. The molecule has 0 bridgehead atoms.